The van der Waals surface area contributed by atoms with Gasteiger partial charge in [0.1, 0.15) is 23.5 Å². The van der Waals surface area contributed by atoms with Gasteiger partial charge in [-0.05, 0) is 62.4 Å². The summed E-state index contributed by atoms with van der Waals surface area (Å²) in [6, 6.07) is 20.0. The molecule has 0 unspecified atom stereocenters. The molecule has 2 atom stereocenters. The van der Waals surface area contributed by atoms with E-state index in [1.54, 1.807) is 43.8 Å². The van der Waals surface area contributed by atoms with Gasteiger partial charge >= 0.3 is 0 Å². The molecular weight excluding hydrogens is 434 g/mol. The zero-order chi connectivity index (χ0) is 21.8. The molecule has 0 amide bonds. The van der Waals surface area contributed by atoms with Crippen LogP contribution >= 0.6 is 23.4 Å². The average molecular weight is 454 g/mol. The topological polar surface area (TPSA) is 64.6 Å². The number of halogens is 1. The molecule has 0 aliphatic carbocycles. The fourth-order valence-corrected chi connectivity index (χ4v) is 4.94. The lowest BCUT2D eigenvalue weighted by molar-refractivity contribution is -0.0765. The van der Waals surface area contributed by atoms with E-state index >= 15 is 0 Å². The highest BCUT2D eigenvalue weighted by Gasteiger charge is 2.45. The minimum atomic E-state index is -1.01. The quantitative estimate of drug-likeness (QED) is 0.442. The van der Waals surface area contributed by atoms with E-state index in [0.29, 0.717) is 27.3 Å². The zero-order valence-electron chi connectivity index (χ0n) is 16.9. The van der Waals surface area contributed by atoms with Gasteiger partial charge in [-0.1, -0.05) is 41.6 Å². The van der Waals surface area contributed by atoms with E-state index in [9.17, 15) is 9.90 Å². The van der Waals surface area contributed by atoms with Gasteiger partial charge in [0, 0.05) is 20.4 Å². The van der Waals surface area contributed by atoms with Crippen LogP contribution in [0.5, 0.6) is 5.75 Å². The lowest BCUT2D eigenvalue weighted by Crippen LogP contribution is -2.51. The van der Waals surface area contributed by atoms with Crippen LogP contribution in [0.4, 0.5) is 0 Å². The van der Waals surface area contributed by atoms with Crippen molar-refractivity contribution in [2.24, 2.45) is 0 Å². The predicted molar refractivity (Wildman–Crippen MR) is 121 cm³/mol. The second kappa shape index (κ2) is 7.48. The van der Waals surface area contributed by atoms with Crippen molar-refractivity contribution >= 4 is 34.3 Å². The summed E-state index contributed by atoms with van der Waals surface area (Å²) in [7, 11) is 0. The molecule has 3 aromatic carbocycles. The van der Waals surface area contributed by atoms with Crippen molar-refractivity contribution in [1.29, 1.82) is 0 Å². The molecule has 4 aromatic rings. The summed E-state index contributed by atoms with van der Waals surface area (Å²) in [6.45, 7) is 3.59. The summed E-state index contributed by atoms with van der Waals surface area (Å²) in [6.07, 6.45) is -1.01. The summed E-state index contributed by atoms with van der Waals surface area (Å²) in [4.78, 5) is 15.2. The Hall–Kier alpha value is -2.67. The van der Waals surface area contributed by atoms with Crippen molar-refractivity contribution in [3.8, 4) is 5.75 Å². The molecule has 1 aliphatic heterocycles. The normalized spacial score (nSPS) is 19.7. The third-order valence-corrected chi connectivity index (χ3v) is 6.72. The van der Waals surface area contributed by atoms with Crippen LogP contribution in [0.15, 0.2) is 85.8 Å². The molecule has 5 rings (SSSR count). The van der Waals surface area contributed by atoms with Crippen LogP contribution in [-0.4, -0.2) is 21.6 Å². The molecule has 0 fully saturated rings. The van der Waals surface area contributed by atoms with Gasteiger partial charge in [-0.2, -0.15) is 4.74 Å². The Kier molecular flexibility index (Phi) is 4.88. The van der Waals surface area contributed by atoms with Crippen LogP contribution in [0.1, 0.15) is 25.5 Å². The molecule has 0 bridgehead atoms. The van der Waals surface area contributed by atoms with Crippen molar-refractivity contribution in [3.05, 3.63) is 87.7 Å². The van der Waals surface area contributed by atoms with Gasteiger partial charge in [-0.3, -0.25) is 4.79 Å². The van der Waals surface area contributed by atoms with Gasteiger partial charge in [-0.25, -0.2) is 0 Å². The zero-order valence-corrected chi connectivity index (χ0v) is 18.5. The van der Waals surface area contributed by atoms with E-state index < -0.39 is 17.7 Å². The molecule has 0 saturated heterocycles. The van der Waals surface area contributed by atoms with Gasteiger partial charge < -0.3 is 14.4 Å². The summed E-state index contributed by atoms with van der Waals surface area (Å²) in [5.41, 5.74) is -0.143. The van der Waals surface area contributed by atoms with Crippen LogP contribution in [0.2, 0.25) is 5.02 Å². The van der Waals surface area contributed by atoms with E-state index in [0.717, 1.165) is 9.79 Å². The molecule has 7 heteroatoms. The first kappa shape index (κ1) is 20.2. The Morgan fingerprint density at radius 2 is 1.81 bits per heavy atom. The molecule has 31 heavy (non-hydrogen) atoms. The van der Waals surface area contributed by atoms with Gasteiger partial charge in [0.25, 0.3) is 5.56 Å². The monoisotopic (exact) mass is 453 g/mol. The fourth-order valence-electron chi connectivity index (χ4n) is 3.89. The van der Waals surface area contributed by atoms with E-state index in [4.69, 9.17) is 20.9 Å². The number of ether oxygens (including phenoxy) is 1. The van der Waals surface area contributed by atoms with Gasteiger partial charge in [-0.15, -0.1) is 0 Å². The smallest absolute Gasteiger partial charge is 0.291 e. The maximum Gasteiger partial charge on any atom is 0.291 e. The summed E-state index contributed by atoms with van der Waals surface area (Å²) < 4.78 is 13.2. The Bertz CT molecular complexity index is 1330. The number of hydrogen-bond donors (Lipinski definition) is 1. The highest BCUT2D eigenvalue weighted by Crippen LogP contribution is 2.44. The number of aromatic nitrogens is 1. The van der Waals surface area contributed by atoms with Gasteiger partial charge in [0.15, 0.2) is 5.58 Å². The highest BCUT2D eigenvalue weighted by molar-refractivity contribution is 7.99. The maximum atomic E-state index is 13.2. The van der Waals surface area contributed by atoms with Crippen LogP contribution in [0.25, 0.3) is 11.0 Å². The number of benzene rings is 3. The number of aliphatic hydroxyl groups excluding tert-OH is 1. The molecule has 1 aliphatic rings. The highest BCUT2D eigenvalue weighted by atomic mass is 35.5. The minimum Gasteiger partial charge on any atom is -0.485 e. The number of nitrogens with zero attached hydrogens (tertiary/aromatic N) is 1. The van der Waals surface area contributed by atoms with E-state index in [-0.39, 0.29) is 5.56 Å². The lowest BCUT2D eigenvalue weighted by atomic mass is 9.86. The fraction of sp³-hybridized carbons (Fsp3) is 0.208. The number of hydrogen-bond acceptors (Lipinski definition) is 5. The minimum absolute atomic E-state index is 0.341. The maximum absolute atomic E-state index is 13.2. The summed E-state index contributed by atoms with van der Waals surface area (Å²) in [5, 5.41) is 12.0. The molecule has 0 spiro atoms. The molecule has 0 saturated carbocycles. The average Bonchev–Trinajstić information content (AvgIpc) is 3.06. The Morgan fingerprint density at radius 1 is 1.03 bits per heavy atom. The predicted octanol–water partition coefficient (Wildman–Crippen LogP) is 5.52. The first-order chi connectivity index (χ1) is 14.8. The van der Waals surface area contributed by atoms with Crippen LogP contribution in [0.3, 0.4) is 0 Å². The van der Waals surface area contributed by atoms with Crippen LogP contribution in [-0.2, 0) is 0 Å². The number of fused-ring (bicyclic) bond motifs is 2. The lowest BCUT2D eigenvalue weighted by Gasteiger charge is -2.41. The van der Waals surface area contributed by atoms with Gasteiger partial charge in [0.05, 0.1) is 5.39 Å². The number of aliphatic hydroxyl groups is 1. The summed E-state index contributed by atoms with van der Waals surface area (Å²) in [5.74, 6) is 0.614. The molecule has 2 heterocycles. The second-order valence-electron chi connectivity index (χ2n) is 8.07. The molecular formula is C24H20ClNO4S. The molecule has 158 valence electrons. The van der Waals surface area contributed by atoms with Crippen LogP contribution in [0, 0.1) is 0 Å². The second-order valence-corrected chi connectivity index (χ2v) is 9.66. The first-order valence-electron chi connectivity index (χ1n) is 9.88. The Labute approximate surface area is 188 Å². The van der Waals surface area contributed by atoms with E-state index in [2.05, 4.69) is 0 Å². The van der Waals surface area contributed by atoms with Crippen LogP contribution < -0.4 is 10.3 Å². The third-order valence-electron chi connectivity index (χ3n) is 5.48. The largest absolute Gasteiger partial charge is 0.485 e. The van der Waals surface area contributed by atoms with Crippen molar-refractivity contribution < 1.29 is 14.4 Å². The number of rotatable bonds is 3. The molecule has 1 aromatic heterocycles. The molecule has 0 radical (unpaired) electrons. The Balaban J connectivity index is 1.66. The van der Waals surface area contributed by atoms with Crippen molar-refractivity contribution in [2.45, 2.75) is 41.4 Å². The molecule has 1 N–H and O–H groups in total. The SMILES string of the molecule is CC1(C)Oc2ccc(Sc3ccccc3)cc2[C@@H](n2oc3ccc(Cl)cc3c2=O)[C@@H]1O. The van der Waals surface area contributed by atoms with Crippen molar-refractivity contribution in [3.63, 3.8) is 0 Å². The third kappa shape index (κ3) is 3.55. The van der Waals surface area contributed by atoms with Crippen molar-refractivity contribution in [2.75, 3.05) is 0 Å². The Morgan fingerprint density at radius 3 is 2.58 bits per heavy atom. The van der Waals surface area contributed by atoms with Crippen molar-refractivity contribution in [1.82, 2.24) is 4.74 Å². The first-order valence-corrected chi connectivity index (χ1v) is 11.1. The van der Waals surface area contributed by atoms with E-state index in [1.165, 1.54) is 4.74 Å². The van der Waals surface area contributed by atoms with Gasteiger partial charge in [0.2, 0.25) is 0 Å². The molecule has 5 nitrogen and oxygen atoms in total. The standard InChI is InChI=1S/C24H20ClNO4S/c1-24(2)22(27)21(26-23(28)18-12-14(25)8-10-20(18)30-26)17-13-16(9-11-19(17)29-24)31-15-6-4-3-5-7-15/h3-13,21-22,27H,1-2H3/t21-,22+/m1/s1. The summed E-state index contributed by atoms with van der Waals surface area (Å²) >= 11 is 7.67. The van der Waals surface area contributed by atoms with E-state index in [1.807, 2.05) is 48.5 Å².